The predicted octanol–water partition coefficient (Wildman–Crippen LogP) is 10.8. The minimum atomic E-state index is -0.0311. The normalized spacial score (nSPS) is 11.3. The van der Waals surface area contributed by atoms with Crippen molar-refractivity contribution in [2.75, 3.05) is 0 Å². The summed E-state index contributed by atoms with van der Waals surface area (Å²) in [6.07, 6.45) is 0. The number of aromatic nitrogens is 4. The van der Waals surface area contributed by atoms with E-state index < -0.39 is 0 Å². The van der Waals surface area contributed by atoms with Gasteiger partial charge in [-0.25, -0.2) is 14.8 Å². The molecule has 0 spiro atoms. The molecular formula is C47H34N4O. The number of rotatable bonds is 6. The van der Waals surface area contributed by atoms with Gasteiger partial charge >= 0.3 is 5.69 Å². The fourth-order valence-corrected chi connectivity index (χ4v) is 7.23. The van der Waals surface area contributed by atoms with Crippen LogP contribution < -0.4 is 5.69 Å². The molecule has 52 heavy (non-hydrogen) atoms. The topological polar surface area (TPSA) is 52.7 Å². The average Bonchev–Trinajstić information content (AvgIpc) is 3.43. The van der Waals surface area contributed by atoms with Crippen LogP contribution in [0.1, 0.15) is 0 Å². The van der Waals surface area contributed by atoms with Crippen LogP contribution >= 0.6 is 0 Å². The summed E-state index contributed by atoms with van der Waals surface area (Å²) < 4.78 is 3.37. The highest BCUT2D eigenvalue weighted by molar-refractivity contribution is 6.04. The first-order valence-corrected chi connectivity index (χ1v) is 17.4. The van der Waals surface area contributed by atoms with E-state index in [0.717, 1.165) is 55.8 Å². The molecule has 9 rings (SSSR count). The third-order valence-electron chi connectivity index (χ3n) is 10.0. The lowest BCUT2D eigenvalue weighted by atomic mass is 9.89. The summed E-state index contributed by atoms with van der Waals surface area (Å²) in [4.78, 5) is 22.7. The van der Waals surface area contributed by atoms with E-state index >= 15 is 0 Å². The lowest BCUT2D eigenvalue weighted by molar-refractivity contribution is 0.795. The lowest BCUT2D eigenvalue weighted by Gasteiger charge is -2.15. The van der Waals surface area contributed by atoms with E-state index in [0.29, 0.717) is 5.82 Å². The summed E-state index contributed by atoms with van der Waals surface area (Å²) in [5.41, 5.74) is 13.4. The van der Waals surface area contributed by atoms with Crippen LogP contribution in [-0.2, 0) is 14.1 Å². The Morgan fingerprint density at radius 3 is 1.63 bits per heavy atom. The highest BCUT2D eigenvalue weighted by atomic mass is 16.1. The Hall–Kier alpha value is -6.85. The van der Waals surface area contributed by atoms with Gasteiger partial charge in [-0.2, -0.15) is 0 Å². The summed E-state index contributed by atoms with van der Waals surface area (Å²) >= 11 is 0. The van der Waals surface area contributed by atoms with Crippen molar-refractivity contribution in [3.05, 3.63) is 180 Å². The summed E-state index contributed by atoms with van der Waals surface area (Å²) in [5, 5.41) is 2.44. The third-order valence-corrected chi connectivity index (χ3v) is 10.0. The van der Waals surface area contributed by atoms with Gasteiger partial charge in [0.15, 0.2) is 5.82 Å². The number of hydrogen-bond acceptors (Lipinski definition) is 3. The molecular weight excluding hydrogens is 637 g/mol. The van der Waals surface area contributed by atoms with Gasteiger partial charge in [-0.05, 0) is 62.4 Å². The zero-order valence-electron chi connectivity index (χ0n) is 28.9. The van der Waals surface area contributed by atoms with E-state index in [2.05, 4.69) is 133 Å². The molecule has 0 radical (unpaired) electrons. The number of imidazole rings is 1. The molecule has 0 bridgehead atoms. The molecule has 7 aromatic carbocycles. The third kappa shape index (κ3) is 5.49. The first-order chi connectivity index (χ1) is 25.5. The molecule has 0 aliphatic rings. The maximum atomic E-state index is 12.5. The number of fused-ring (bicyclic) bond motifs is 2. The summed E-state index contributed by atoms with van der Waals surface area (Å²) in [6, 6.07) is 59.2. The van der Waals surface area contributed by atoms with Crippen LogP contribution in [0.15, 0.2) is 175 Å². The van der Waals surface area contributed by atoms with Gasteiger partial charge in [-0.1, -0.05) is 152 Å². The molecule has 248 valence electrons. The maximum Gasteiger partial charge on any atom is 0.328 e. The average molecular weight is 671 g/mol. The molecule has 0 atom stereocenters. The van der Waals surface area contributed by atoms with Crippen molar-refractivity contribution in [1.82, 2.24) is 19.1 Å². The van der Waals surface area contributed by atoms with Crippen molar-refractivity contribution < 1.29 is 0 Å². The van der Waals surface area contributed by atoms with Gasteiger partial charge in [0.05, 0.1) is 22.4 Å². The zero-order chi connectivity index (χ0) is 35.2. The largest absolute Gasteiger partial charge is 0.328 e. The molecule has 2 aromatic heterocycles. The molecule has 0 N–H and O–H groups in total. The summed E-state index contributed by atoms with van der Waals surface area (Å²) in [7, 11) is 3.62. The van der Waals surface area contributed by atoms with Crippen LogP contribution in [0, 0.1) is 0 Å². The monoisotopic (exact) mass is 670 g/mol. The number of benzene rings is 7. The van der Waals surface area contributed by atoms with Crippen LogP contribution in [0.5, 0.6) is 0 Å². The fraction of sp³-hybridized carbons (Fsp3) is 0.0426. The van der Waals surface area contributed by atoms with Crippen LogP contribution in [-0.4, -0.2) is 19.1 Å². The molecule has 5 nitrogen and oxygen atoms in total. The number of hydrogen-bond donors (Lipinski definition) is 0. The Morgan fingerprint density at radius 2 is 0.962 bits per heavy atom. The SMILES string of the molecule is Cn1c(=O)n(C)c2cc(-c3ccc(-c4cc(-c5ccc(-c6c(-c7ccccc7)ccc7ccccc67)cc5)nc(-c5ccccc5)n4)cc3)ccc21. The molecule has 0 saturated heterocycles. The van der Waals surface area contributed by atoms with E-state index in [9.17, 15) is 4.79 Å². The van der Waals surface area contributed by atoms with Crippen molar-refractivity contribution >= 4 is 21.8 Å². The first kappa shape index (κ1) is 31.2. The van der Waals surface area contributed by atoms with Gasteiger partial charge in [-0.3, -0.25) is 9.13 Å². The van der Waals surface area contributed by atoms with Gasteiger partial charge in [-0.15, -0.1) is 0 Å². The molecule has 0 unspecified atom stereocenters. The minimum absolute atomic E-state index is 0.0311. The molecule has 0 aliphatic carbocycles. The van der Waals surface area contributed by atoms with Gasteiger partial charge < -0.3 is 0 Å². The predicted molar refractivity (Wildman–Crippen MR) is 214 cm³/mol. The van der Waals surface area contributed by atoms with Crippen LogP contribution in [0.4, 0.5) is 0 Å². The summed E-state index contributed by atoms with van der Waals surface area (Å²) in [6.45, 7) is 0. The van der Waals surface area contributed by atoms with E-state index in [1.165, 1.54) is 27.5 Å². The lowest BCUT2D eigenvalue weighted by Crippen LogP contribution is -2.19. The highest BCUT2D eigenvalue weighted by Crippen LogP contribution is 2.39. The fourth-order valence-electron chi connectivity index (χ4n) is 7.23. The molecule has 0 amide bonds. The Balaban J connectivity index is 1.12. The second-order valence-electron chi connectivity index (χ2n) is 13.2. The van der Waals surface area contributed by atoms with Gasteiger partial charge in [0.2, 0.25) is 0 Å². The van der Waals surface area contributed by atoms with E-state index in [1.54, 1.807) is 16.2 Å². The second kappa shape index (κ2) is 12.8. The summed E-state index contributed by atoms with van der Waals surface area (Å²) in [5.74, 6) is 0.678. The quantitative estimate of drug-likeness (QED) is 0.177. The van der Waals surface area contributed by atoms with E-state index in [4.69, 9.17) is 9.97 Å². The number of aryl methyl sites for hydroxylation is 2. The minimum Gasteiger partial charge on any atom is -0.295 e. The van der Waals surface area contributed by atoms with Crippen LogP contribution in [0.25, 0.3) is 89.1 Å². The number of nitrogens with zero attached hydrogens (tertiary/aromatic N) is 4. The highest BCUT2D eigenvalue weighted by Gasteiger charge is 2.15. The molecule has 5 heteroatoms. The van der Waals surface area contributed by atoms with Crippen molar-refractivity contribution in [2.24, 2.45) is 14.1 Å². The first-order valence-electron chi connectivity index (χ1n) is 17.4. The Labute approximate surface area is 301 Å². The van der Waals surface area contributed by atoms with Crippen molar-refractivity contribution in [2.45, 2.75) is 0 Å². The maximum absolute atomic E-state index is 12.5. The Bertz CT molecular complexity index is 2800. The molecule has 0 aliphatic heterocycles. The molecule has 9 aromatic rings. The van der Waals surface area contributed by atoms with Gasteiger partial charge in [0.1, 0.15) is 0 Å². The van der Waals surface area contributed by atoms with Crippen LogP contribution in [0.2, 0.25) is 0 Å². The Morgan fingerprint density at radius 1 is 0.423 bits per heavy atom. The standard InChI is InChI=1S/C47H34N4O/c1-50-43-28-26-38(29-44(43)51(2)47(50)52)31-17-19-34(20-18-31)41-30-42(49-46(48-41)37-14-7-4-8-15-37)35-21-23-36(24-22-35)45-39-16-10-9-13-33(39)25-27-40(45)32-11-5-3-6-12-32/h3-30H,1-2H3. The van der Waals surface area contributed by atoms with E-state index in [-0.39, 0.29) is 5.69 Å². The van der Waals surface area contributed by atoms with Gasteiger partial charge in [0, 0.05) is 30.8 Å². The second-order valence-corrected chi connectivity index (χ2v) is 13.2. The molecule has 0 saturated carbocycles. The van der Waals surface area contributed by atoms with E-state index in [1.807, 2.05) is 43.4 Å². The smallest absolute Gasteiger partial charge is 0.295 e. The Kier molecular flexibility index (Phi) is 7.67. The zero-order valence-corrected chi connectivity index (χ0v) is 28.9. The van der Waals surface area contributed by atoms with Crippen LogP contribution in [0.3, 0.4) is 0 Å². The molecule has 2 heterocycles. The van der Waals surface area contributed by atoms with Crippen molar-refractivity contribution in [3.63, 3.8) is 0 Å². The van der Waals surface area contributed by atoms with Crippen molar-refractivity contribution in [1.29, 1.82) is 0 Å². The molecule has 0 fully saturated rings. The van der Waals surface area contributed by atoms with Gasteiger partial charge in [0.25, 0.3) is 0 Å². The van der Waals surface area contributed by atoms with Crippen molar-refractivity contribution in [3.8, 4) is 67.3 Å².